The normalized spacial score (nSPS) is 10.5. The molecule has 0 unspecified atom stereocenters. The number of hydrogen-bond donors (Lipinski definition) is 1. The molecule has 26 heavy (non-hydrogen) atoms. The number of aryl methyl sites for hydroxylation is 2. The molecule has 3 aromatic rings. The summed E-state index contributed by atoms with van der Waals surface area (Å²) in [5, 5.41) is 6.05. The summed E-state index contributed by atoms with van der Waals surface area (Å²) in [5.74, 6) is 0.867. The highest BCUT2D eigenvalue weighted by Crippen LogP contribution is 2.23. The Balaban J connectivity index is 1.48. The maximum Gasteiger partial charge on any atom is 0.220 e. The van der Waals surface area contributed by atoms with Gasteiger partial charge in [0, 0.05) is 29.6 Å². The smallest absolute Gasteiger partial charge is 0.220 e. The van der Waals surface area contributed by atoms with Gasteiger partial charge < -0.3 is 10.1 Å². The minimum atomic E-state index is 0.0486. The van der Waals surface area contributed by atoms with Crippen LogP contribution < -0.4 is 10.1 Å². The third-order valence-corrected chi connectivity index (χ3v) is 5.09. The van der Waals surface area contributed by atoms with Gasteiger partial charge in [0.15, 0.2) is 0 Å². The van der Waals surface area contributed by atoms with Crippen LogP contribution in [0.3, 0.4) is 0 Å². The molecule has 1 aromatic heterocycles. The van der Waals surface area contributed by atoms with E-state index < -0.39 is 0 Å². The predicted molar refractivity (Wildman–Crippen MR) is 105 cm³/mol. The van der Waals surface area contributed by atoms with E-state index >= 15 is 0 Å². The lowest BCUT2D eigenvalue weighted by molar-refractivity contribution is -0.121. The molecule has 0 aliphatic heterocycles. The summed E-state index contributed by atoms with van der Waals surface area (Å²) in [6.45, 7) is 2.53. The standard InChI is InChI=1S/C21H22N2O2S/c1-15-14-26-21(23-15)18-9-6-17(7-10-18)13-22-20(24)11-8-16-4-3-5-19(12-16)25-2/h3-7,9-10,12,14H,8,11,13H2,1-2H3,(H,22,24). The molecule has 0 radical (unpaired) electrons. The van der Waals surface area contributed by atoms with Crippen LogP contribution in [0.1, 0.15) is 23.2 Å². The largest absolute Gasteiger partial charge is 0.497 e. The van der Waals surface area contributed by atoms with Crippen molar-refractivity contribution >= 4 is 17.2 Å². The van der Waals surface area contributed by atoms with Crippen molar-refractivity contribution in [1.29, 1.82) is 0 Å². The van der Waals surface area contributed by atoms with E-state index in [4.69, 9.17) is 4.74 Å². The van der Waals surface area contributed by atoms with Gasteiger partial charge in [-0.3, -0.25) is 4.79 Å². The lowest BCUT2D eigenvalue weighted by Gasteiger charge is -2.07. The Labute approximate surface area is 157 Å². The van der Waals surface area contributed by atoms with Gasteiger partial charge in [0.2, 0.25) is 5.91 Å². The van der Waals surface area contributed by atoms with Crippen LogP contribution >= 0.6 is 11.3 Å². The molecule has 2 aromatic carbocycles. The number of ether oxygens (including phenoxy) is 1. The third kappa shape index (κ3) is 4.92. The third-order valence-electron chi connectivity index (χ3n) is 4.08. The Morgan fingerprint density at radius 2 is 1.96 bits per heavy atom. The first kappa shape index (κ1) is 18.1. The Morgan fingerprint density at radius 1 is 1.15 bits per heavy atom. The number of carbonyl (C=O) groups excluding carboxylic acids is 1. The zero-order valence-electron chi connectivity index (χ0n) is 15.0. The molecule has 3 rings (SSSR count). The molecule has 0 bridgehead atoms. The molecule has 1 N–H and O–H groups in total. The first-order valence-electron chi connectivity index (χ1n) is 8.55. The summed E-state index contributed by atoms with van der Waals surface area (Å²) in [6.07, 6.45) is 1.16. The lowest BCUT2D eigenvalue weighted by Crippen LogP contribution is -2.22. The fourth-order valence-electron chi connectivity index (χ4n) is 2.63. The van der Waals surface area contributed by atoms with Crippen molar-refractivity contribution in [2.45, 2.75) is 26.3 Å². The second kappa shape index (κ2) is 8.63. The Kier molecular flexibility index (Phi) is 6.02. The molecule has 1 heterocycles. The van der Waals surface area contributed by atoms with Crippen LogP contribution in [-0.2, 0) is 17.8 Å². The summed E-state index contributed by atoms with van der Waals surface area (Å²) in [6, 6.07) is 16.0. The molecule has 4 nitrogen and oxygen atoms in total. The number of methoxy groups -OCH3 is 1. The van der Waals surface area contributed by atoms with Crippen molar-refractivity contribution in [3.8, 4) is 16.3 Å². The molecule has 0 spiro atoms. The fourth-order valence-corrected chi connectivity index (χ4v) is 3.43. The van der Waals surface area contributed by atoms with E-state index in [-0.39, 0.29) is 5.91 Å². The number of nitrogens with zero attached hydrogens (tertiary/aromatic N) is 1. The monoisotopic (exact) mass is 366 g/mol. The average molecular weight is 366 g/mol. The minimum absolute atomic E-state index is 0.0486. The number of nitrogens with one attached hydrogen (secondary N) is 1. The summed E-state index contributed by atoms with van der Waals surface area (Å²) < 4.78 is 5.21. The predicted octanol–water partition coefficient (Wildman–Crippen LogP) is 4.38. The van der Waals surface area contributed by atoms with E-state index in [1.54, 1.807) is 18.4 Å². The van der Waals surface area contributed by atoms with E-state index in [1.807, 2.05) is 48.7 Å². The number of aromatic nitrogens is 1. The molecule has 0 aliphatic carbocycles. The van der Waals surface area contributed by atoms with E-state index in [2.05, 4.69) is 22.4 Å². The Hall–Kier alpha value is -2.66. The SMILES string of the molecule is COc1cccc(CCC(=O)NCc2ccc(-c3nc(C)cs3)cc2)c1. The van der Waals surface area contributed by atoms with Gasteiger partial charge in [-0.15, -0.1) is 11.3 Å². The zero-order valence-corrected chi connectivity index (χ0v) is 15.8. The number of rotatable bonds is 7. The van der Waals surface area contributed by atoms with Gasteiger partial charge in [-0.2, -0.15) is 0 Å². The maximum absolute atomic E-state index is 12.1. The van der Waals surface area contributed by atoms with Crippen LogP contribution in [0.15, 0.2) is 53.9 Å². The molecular formula is C21H22N2O2S. The number of benzene rings is 2. The van der Waals surface area contributed by atoms with E-state index in [9.17, 15) is 4.79 Å². The van der Waals surface area contributed by atoms with Crippen LogP contribution in [0, 0.1) is 6.92 Å². The number of amides is 1. The summed E-state index contributed by atoms with van der Waals surface area (Å²) in [4.78, 5) is 16.6. The van der Waals surface area contributed by atoms with Gasteiger partial charge >= 0.3 is 0 Å². The first-order chi connectivity index (χ1) is 12.6. The van der Waals surface area contributed by atoms with Crippen LogP contribution in [0.4, 0.5) is 0 Å². The molecule has 0 saturated heterocycles. The summed E-state index contributed by atoms with van der Waals surface area (Å²) >= 11 is 1.64. The highest BCUT2D eigenvalue weighted by Gasteiger charge is 2.05. The van der Waals surface area contributed by atoms with Crippen LogP contribution in [0.5, 0.6) is 5.75 Å². The van der Waals surface area contributed by atoms with Crippen LogP contribution in [0.25, 0.3) is 10.6 Å². The molecule has 0 atom stereocenters. The Bertz CT molecular complexity index is 872. The van der Waals surface area contributed by atoms with E-state index in [0.29, 0.717) is 19.4 Å². The first-order valence-corrected chi connectivity index (χ1v) is 9.43. The van der Waals surface area contributed by atoms with Gasteiger partial charge in [-0.25, -0.2) is 4.98 Å². The highest BCUT2D eigenvalue weighted by molar-refractivity contribution is 7.13. The number of carbonyl (C=O) groups is 1. The van der Waals surface area contributed by atoms with Crippen LogP contribution in [0.2, 0.25) is 0 Å². The van der Waals surface area contributed by atoms with Crippen molar-refractivity contribution in [2.24, 2.45) is 0 Å². The topological polar surface area (TPSA) is 51.2 Å². The van der Waals surface area contributed by atoms with Gasteiger partial charge in [-0.1, -0.05) is 36.4 Å². The Morgan fingerprint density at radius 3 is 2.65 bits per heavy atom. The van der Waals surface area contributed by atoms with Crippen molar-refractivity contribution in [2.75, 3.05) is 7.11 Å². The van der Waals surface area contributed by atoms with Crippen molar-refractivity contribution in [3.63, 3.8) is 0 Å². The molecule has 1 amide bonds. The fraction of sp³-hybridized carbons (Fsp3) is 0.238. The van der Waals surface area contributed by atoms with E-state index in [1.165, 1.54) is 0 Å². The second-order valence-corrected chi connectivity index (χ2v) is 6.98. The van der Waals surface area contributed by atoms with Gasteiger partial charge in [-0.05, 0) is 36.6 Å². The average Bonchev–Trinajstić information content (AvgIpc) is 3.11. The summed E-state index contributed by atoms with van der Waals surface area (Å²) in [7, 11) is 1.65. The van der Waals surface area contributed by atoms with Crippen molar-refractivity contribution in [1.82, 2.24) is 10.3 Å². The molecule has 0 aliphatic rings. The summed E-state index contributed by atoms with van der Waals surface area (Å²) in [5.41, 5.74) is 4.33. The molecule has 134 valence electrons. The second-order valence-electron chi connectivity index (χ2n) is 6.12. The quantitative estimate of drug-likeness (QED) is 0.675. The van der Waals surface area contributed by atoms with Crippen LogP contribution in [-0.4, -0.2) is 18.0 Å². The molecule has 0 fully saturated rings. The lowest BCUT2D eigenvalue weighted by atomic mass is 10.1. The molecule has 0 saturated carbocycles. The van der Waals surface area contributed by atoms with Gasteiger partial charge in [0.1, 0.15) is 10.8 Å². The van der Waals surface area contributed by atoms with Crippen molar-refractivity contribution in [3.05, 3.63) is 70.7 Å². The van der Waals surface area contributed by atoms with Crippen molar-refractivity contribution < 1.29 is 9.53 Å². The van der Waals surface area contributed by atoms with E-state index in [0.717, 1.165) is 33.1 Å². The van der Waals surface area contributed by atoms with Gasteiger partial charge in [0.25, 0.3) is 0 Å². The zero-order chi connectivity index (χ0) is 18.4. The molecular weight excluding hydrogens is 344 g/mol. The van der Waals surface area contributed by atoms with Gasteiger partial charge in [0.05, 0.1) is 7.11 Å². The minimum Gasteiger partial charge on any atom is -0.497 e. The molecule has 5 heteroatoms. The number of thiazole rings is 1. The maximum atomic E-state index is 12.1. The highest BCUT2D eigenvalue weighted by atomic mass is 32.1. The number of hydrogen-bond acceptors (Lipinski definition) is 4.